The summed E-state index contributed by atoms with van der Waals surface area (Å²) >= 11 is 11.5. The zero-order valence-corrected chi connectivity index (χ0v) is 17.5. The molecule has 0 unspecified atom stereocenters. The van der Waals surface area contributed by atoms with Gasteiger partial charge >= 0.3 is 0 Å². The van der Waals surface area contributed by atoms with Crippen molar-refractivity contribution in [1.29, 1.82) is 0 Å². The fourth-order valence-corrected chi connectivity index (χ4v) is 3.53. The smallest absolute Gasteiger partial charge is 0.123 e. The molecule has 2 radical (unpaired) electrons. The monoisotopic (exact) mass is 374 g/mol. The largest absolute Gasteiger partial charge is 0.507 e. The van der Waals surface area contributed by atoms with Crippen LogP contribution in [-0.4, -0.2) is 25.7 Å². The van der Waals surface area contributed by atoms with Gasteiger partial charge in [-0.15, -0.1) is 23.2 Å². The van der Waals surface area contributed by atoms with E-state index in [0.717, 1.165) is 29.3 Å². The fraction of sp³-hybridized carbons (Fsp3) is 0.667. The van der Waals surface area contributed by atoms with Gasteiger partial charge in [0.1, 0.15) is 11.5 Å². The average molecular weight is 375 g/mol. The summed E-state index contributed by atoms with van der Waals surface area (Å²) in [4.78, 5) is 0. The Morgan fingerprint density at radius 3 is 1.91 bits per heavy atom. The molecular weight excluding hydrogens is 347 g/mol. The van der Waals surface area contributed by atoms with Crippen molar-refractivity contribution in [2.75, 3.05) is 6.61 Å². The number of phenolic OH excluding ortho intramolecular Hbond substituents is 1. The van der Waals surface area contributed by atoms with Crippen molar-refractivity contribution < 1.29 is 9.84 Å². The molecule has 0 saturated heterocycles. The molecule has 0 spiro atoms. The fourth-order valence-electron chi connectivity index (χ4n) is 2.31. The number of hydrogen-bond acceptors (Lipinski definition) is 2. The van der Waals surface area contributed by atoms with E-state index in [0.29, 0.717) is 21.9 Å². The lowest BCUT2D eigenvalue weighted by Crippen LogP contribution is -2.17. The molecule has 5 heteroatoms. The van der Waals surface area contributed by atoms with Gasteiger partial charge in [0, 0.05) is 11.1 Å². The van der Waals surface area contributed by atoms with Crippen molar-refractivity contribution in [2.24, 2.45) is 0 Å². The van der Waals surface area contributed by atoms with Crippen LogP contribution < -0.4 is 4.74 Å². The molecule has 0 heterocycles. The molecule has 0 aliphatic rings. The first-order valence-corrected chi connectivity index (χ1v) is 10.1. The van der Waals surface area contributed by atoms with Crippen molar-refractivity contribution in [3.8, 4) is 11.5 Å². The molecule has 1 aromatic carbocycles. The number of aromatic hydroxyl groups is 1. The highest BCUT2D eigenvalue weighted by Gasteiger charge is 2.26. The van der Waals surface area contributed by atoms with E-state index < -0.39 is 0 Å². The summed E-state index contributed by atoms with van der Waals surface area (Å²) in [6.45, 7) is 13.2. The van der Waals surface area contributed by atoms with Gasteiger partial charge < -0.3 is 9.84 Å². The molecule has 0 fully saturated rings. The number of benzene rings is 1. The number of ether oxygens (including phenoxy) is 1. The Bertz CT molecular complexity index is 482. The zero-order chi connectivity index (χ0) is 17.8. The molecule has 0 amide bonds. The first-order chi connectivity index (χ1) is 10.4. The maximum absolute atomic E-state index is 10.7. The van der Waals surface area contributed by atoms with Gasteiger partial charge in [0.2, 0.25) is 0 Å². The molecule has 0 bridgehead atoms. The van der Waals surface area contributed by atoms with Crippen LogP contribution in [0, 0.1) is 0 Å². The summed E-state index contributed by atoms with van der Waals surface area (Å²) in [6.07, 6.45) is 0.922. The second kappa shape index (κ2) is 8.13. The van der Waals surface area contributed by atoms with Crippen LogP contribution in [-0.2, 0) is 10.8 Å². The predicted molar refractivity (Wildman–Crippen MR) is 102 cm³/mol. The molecular formula is C18H28Cl2O2Si. The SMILES string of the molecule is CC(C)(C)c1cc(OCCC[Si]C(Cl)Cl)cc(C(C)(C)C)c1O. The van der Waals surface area contributed by atoms with Crippen molar-refractivity contribution in [1.82, 2.24) is 0 Å². The maximum Gasteiger partial charge on any atom is 0.123 e. The van der Waals surface area contributed by atoms with E-state index in [4.69, 9.17) is 27.9 Å². The van der Waals surface area contributed by atoms with Gasteiger partial charge in [-0.1, -0.05) is 47.6 Å². The van der Waals surface area contributed by atoms with Crippen LogP contribution in [0.25, 0.3) is 0 Å². The normalized spacial score (nSPS) is 12.7. The van der Waals surface area contributed by atoms with Crippen LogP contribution in [0.3, 0.4) is 0 Å². The molecule has 2 nitrogen and oxygen atoms in total. The highest BCUT2D eigenvalue weighted by atomic mass is 35.5. The Morgan fingerprint density at radius 2 is 1.52 bits per heavy atom. The first kappa shape index (κ1) is 20.7. The lowest BCUT2D eigenvalue weighted by molar-refractivity contribution is 0.313. The Balaban J connectivity index is 2.96. The Kier molecular flexibility index (Phi) is 7.30. The van der Waals surface area contributed by atoms with Gasteiger partial charge in [-0.05, 0) is 29.4 Å². The summed E-state index contributed by atoms with van der Waals surface area (Å²) in [6, 6.07) is 4.88. The molecule has 0 saturated carbocycles. The van der Waals surface area contributed by atoms with Crippen LogP contribution in [0.2, 0.25) is 6.04 Å². The predicted octanol–water partition coefficient (Wildman–Crippen LogP) is 5.64. The van der Waals surface area contributed by atoms with E-state index in [1.165, 1.54) is 0 Å². The van der Waals surface area contributed by atoms with Gasteiger partial charge in [0.25, 0.3) is 0 Å². The molecule has 1 aromatic rings. The highest BCUT2D eigenvalue weighted by Crippen LogP contribution is 2.41. The number of hydrogen-bond donors (Lipinski definition) is 1. The van der Waals surface area contributed by atoms with Gasteiger partial charge in [-0.2, -0.15) is 0 Å². The van der Waals surface area contributed by atoms with E-state index in [1.54, 1.807) is 0 Å². The van der Waals surface area contributed by atoms with E-state index in [9.17, 15) is 5.11 Å². The van der Waals surface area contributed by atoms with Crippen molar-refractivity contribution in [3.63, 3.8) is 0 Å². The van der Waals surface area contributed by atoms with Crippen LogP contribution in [0.5, 0.6) is 11.5 Å². The van der Waals surface area contributed by atoms with Crippen molar-refractivity contribution in [2.45, 2.75) is 69.3 Å². The molecule has 0 atom stereocenters. The number of rotatable bonds is 6. The molecule has 0 aromatic heterocycles. The third-order valence-electron chi connectivity index (χ3n) is 3.59. The Hall–Kier alpha value is -0.383. The van der Waals surface area contributed by atoms with Crippen LogP contribution in [0.1, 0.15) is 59.1 Å². The molecule has 1 N–H and O–H groups in total. The highest BCUT2D eigenvalue weighted by molar-refractivity contribution is 6.68. The second-order valence-corrected chi connectivity index (χ2v) is 11.1. The average Bonchev–Trinajstić information content (AvgIpc) is 2.36. The topological polar surface area (TPSA) is 29.5 Å². The lowest BCUT2D eigenvalue weighted by atomic mass is 9.79. The molecule has 1 rings (SSSR count). The van der Waals surface area contributed by atoms with Crippen molar-refractivity contribution >= 4 is 32.7 Å². The van der Waals surface area contributed by atoms with E-state index >= 15 is 0 Å². The molecule has 0 aliphatic carbocycles. The Morgan fingerprint density at radius 1 is 1.04 bits per heavy atom. The molecule has 130 valence electrons. The van der Waals surface area contributed by atoms with Gasteiger partial charge in [-0.3, -0.25) is 0 Å². The van der Waals surface area contributed by atoms with Crippen LogP contribution in [0.15, 0.2) is 12.1 Å². The van der Waals surface area contributed by atoms with Crippen LogP contribution in [0.4, 0.5) is 0 Å². The minimum Gasteiger partial charge on any atom is -0.507 e. The summed E-state index contributed by atoms with van der Waals surface area (Å²) in [5, 5.41) is 10.7. The van der Waals surface area contributed by atoms with E-state index in [1.807, 2.05) is 12.1 Å². The summed E-state index contributed by atoms with van der Waals surface area (Å²) < 4.78 is 5.65. The number of halogens is 2. The zero-order valence-electron chi connectivity index (χ0n) is 15.0. The standard InChI is InChI=1S/C18H28Cl2O2Si/c1-17(2,3)13-10-12(22-8-7-9-23-16(19)20)11-14(15(13)21)18(4,5)6/h10-11,16,21H,7-9H2,1-6H3. The van der Waals surface area contributed by atoms with Crippen LogP contribution >= 0.6 is 23.2 Å². The number of alkyl halides is 2. The van der Waals surface area contributed by atoms with Gasteiger partial charge in [0.15, 0.2) is 0 Å². The van der Waals surface area contributed by atoms with Gasteiger partial charge in [0.05, 0.1) is 20.6 Å². The molecule has 23 heavy (non-hydrogen) atoms. The maximum atomic E-state index is 10.7. The Labute approximate surface area is 153 Å². The first-order valence-electron chi connectivity index (χ1n) is 7.95. The van der Waals surface area contributed by atoms with E-state index in [2.05, 4.69) is 41.5 Å². The number of phenols is 1. The summed E-state index contributed by atoms with van der Waals surface area (Å²) in [7, 11) is 0.542. The van der Waals surface area contributed by atoms with E-state index in [-0.39, 0.29) is 15.3 Å². The van der Waals surface area contributed by atoms with Crippen molar-refractivity contribution in [3.05, 3.63) is 23.3 Å². The van der Waals surface area contributed by atoms with Gasteiger partial charge in [-0.25, -0.2) is 0 Å². The minimum atomic E-state index is -0.274. The second-order valence-electron chi connectivity index (χ2n) is 7.82. The molecule has 0 aliphatic heterocycles. The third-order valence-corrected chi connectivity index (χ3v) is 5.46. The minimum absolute atomic E-state index is 0.144. The quantitative estimate of drug-likeness (QED) is 0.396. The lowest BCUT2D eigenvalue weighted by Gasteiger charge is -2.28. The summed E-state index contributed by atoms with van der Waals surface area (Å²) in [5.74, 6) is 1.19. The summed E-state index contributed by atoms with van der Waals surface area (Å²) in [5.41, 5.74) is 1.55. The third kappa shape index (κ3) is 6.56.